The number of urea groups is 1. The molecule has 0 aromatic heterocycles. The minimum Gasteiger partial charge on any atom is -0.325 e. The summed E-state index contributed by atoms with van der Waals surface area (Å²) in [5.74, 6) is -1.05. The van der Waals surface area contributed by atoms with Gasteiger partial charge in [0.05, 0.1) is 5.54 Å². The van der Waals surface area contributed by atoms with Crippen LogP contribution in [-0.4, -0.2) is 66.7 Å². The molecule has 4 rings (SSSR count). The van der Waals surface area contributed by atoms with Gasteiger partial charge in [0.25, 0.3) is 0 Å². The van der Waals surface area contributed by atoms with Crippen molar-refractivity contribution in [2.45, 2.75) is 37.4 Å². The van der Waals surface area contributed by atoms with Crippen LogP contribution in [0.4, 0.5) is 18.0 Å². The van der Waals surface area contributed by atoms with E-state index in [1.54, 1.807) is 16.8 Å². The maximum atomic E-state index is 14.6. The van der Waals surface area contributed by atoms with Crippen molar-refractivity contribution in [3.63, 3.8) is 0 Å². The zero-order valence-corrected chi connectivity index (χ0v) is 19.3. The van der Waals surface area contributed by atoms with Crippen molar-refractivity contribution in [1.82, 2.24) is 14.7 Å². The molecule has 0 radical (unpaired) electrons. The molecule has 2 amide bonds. The zero-order valence-electron chi connectivity index (χ0n) is 19.3. The number of nitrogens with zero attached hydrogens (tertiary/aromatic N) is 3. The van der Waals surface area contributed by atoms with E-state index in [-0.39, 0.29) is 30.2 Å². The van der Waals surface area contributed by atoms with Crippen LogP contribution in [0.5, 0.6) is 0 Å². The third-order valence-electron chi connectivity index (χ3n) is 7.22. The molecule has 0 spiro atoms. The SMILES string of the molecule is CN1CC[C@@H](N(C)C(=O)N2CC(c3cc(F)ccc3F)=C[C@@]2(C)c2ccccc2)C[C@@H]1CF. The minimum atomic E-state index is -0.842. The average molecular weight is 458 g/mol. The summed E-state index contributed by atoms with van der Waals surface area (Å²) >= 11 is 0. The van der Waals surface area contributed by atoms with Crippen LogP contribution in [0.15, 0.2) is 54.6 Å². The largest absolute Gasteiger partial charge is 0.325 e. The first-order valence-electron chi connectivity index (χ1n) is 11.3. The second-order valence-corrected chi connectivity index (χ2v) is 9.25. The molecular weight excluding hydrogens is 427 g/mol. The first-order chi connectivity index (χ1) is 15.7. The summed E-state index contributed by atoms with van der Waals surface area (Å²) in [6, 6.07) is 12.4. The second kappa shape index (κ2) is 9.21. The second-order valence-electron chi connectivity index (χ2n) is 9.25. The maximum Gasteiger partial charge on any atom is 0.321 e. The highest BCUT2D eigenvalue weighted by molar-refractivity contribution is 5.83. The van der Waals surface area contributed by atoms with E-state index in [4.69, 9.17) is 0 Å². The van der Waals surface area contributed by atoms with Crippen LogP contribution >= 0.6 is 0 Å². The van der Waals surface area contributed by atoms with Crippen molar-refractivity contribution < 1.29 is 18.0 Å². The molecule has 3 atom stereocenters. The summed E-state index contributed by atoms with van der Waals surface area (Å²) in [5, 5.41) is 0. The summed E-state index contributed by atoms with van der Waals surface area (Å²) in [7, 11) is 3.65. The lowest BCUT2D eigenvalue weighted by atomic mass is 9.90. The Balaban J connectivity index is 1.68. The predicted octanol–water partition coefficient (Wildman–Crippen LogP) is 5.06. The Morgan fingerprint density at radius 2 is 1.91 bits per heavy atom. The molecule has 2 aliphatic rings. The number of amides is 2. The summed E-state index contributed by atoms with van der Waals surface area (Å²) < 4.78 is 42.0. The molecule has 0 saturated carbocycles. The molecule has 0 bridgehead atoms. The van der Waals surface area contributed by atoms with Gasteiger partial charge < -0.3 is 14.7 Å². The minimum absolute atomic E-state index is 0.0931. The topological polar surface area (TPSA) is 26.8 Å². The molecule has 2 aromatic rings. The first-order valence-corrected chi connectivity index (χ1v) is 11.3. The van der Waals surface area contributed by atoms with Gasteiger partial charge in [-0.2, -0.15) is 0 Å². The highest BCUT2D eigenvalue weighted by Gasteiger charge is 2.44. The highest BCUT2D eigenvalue weighted by Crippen LogP contribution is 2.41. The standard InChI is InChI=1S/C26H30F3N3O/c1-26(19-7-5-4-6-8-19)15-18(23-13-20(28)9-10-24(23)29)17-32(26)25(33)31(3)21-11-12-30(2)22(14-21)16-27/h4-10,13,15,21-22H,11-12,14,16-17H2,1-3H3/t21-,22-,26+/m1/s1. The number of carbonyl (C=O) groups excluding carboxylic acids is 1. The monoisotopic (exact) mass is 457 g/mol. The van der Waals surface area contributed by atoms with Gasteiger partial charge in [0.2, 0.25) is 0 Å². The van der Waals surface area contributed by atoms with Gasteiger partial charge in [-0.1, -0.05) is 30.3 Å². The molecule has 33 heavy (non-hydrogen) atoms. The van der Waals surface area contributed by atoms with E-state index in [0.717, 1.165) is 24.1 Å². The first kappa shape index (κ1) is 23.4. The number of hydrogen-bond donors (Lipinski definition) is 0. The number of rotatable bonds is 4. The lowest BCUT2D eigenvalue weighted by Crippen LogP contribution is -2.55. The number of alkyl halides is 1. The van der Waals surface area contributed by atoms with Gasteiger partial charge in [-0.05, 0) is 62.2 Å². The number of carbonyl (C=O) groups is 1. The van der Waals surface area contributed by atoms with Crippen molar-refractivity contribution in [3.8, 4) is 0 Å². The smallest absolute Gasteiger partial charge is 0.321 e. The number of benzene rings is 2. The Hall–Kier alpha value is -2.80. The molecule has 0 aliphatic carbocycles. The van der Waals surface area contributed by atoms with Crippen LogP contribution in [-0.2, 0) is 5.54 Å². The Kier molecular flexibility index (Phi) is 6.52. The van der Waals surface area contributed by atoms with Crippen LogP contribution in [0.1, 0.15) is 30.9 Å². The fourth-order valence-electron chi connectivity index (χ4n) is 5.01. The van der Waals surface area contributed by atoms with Gasteiger partial charge in [-0.3, -0.25) is 0 Å². The molecule has 0 unspecified atom stereocenters. The third-order valence-corrected chi connectivity index (χ3v) is 7.22. The van der Waals surface area contributed by atoms with Gasteiger partial charge in [-0.15, -0.1) is 0 Å². The molecule has 4 nitrogen and oxygen atoms in total. The highest BCUT2D eigenvalue weighted by atomic mass is 19.1. The lowest BCUT2D eigenvalue weighted by Gasteiger charge is -2.43. The molecule has 0 N–H and O–H groups in total. The summed E-state index contributed by atoms with van der Waals surface area (Å²) in [6.07, 6.45) is 3.17. The third kappa shape index (κ3) is 4.38. The molecule has 1 saturated heterocycles. The lowest BCUT2D eigenvalue weighted by molar-refractivity contribution is 0.0729. The molecule has 176 valence electrons. The Morgan fingerprint density at radius 3 is 2.61 bits per heavy atom. The fraction of sp³-hybridized carbons (Fsp3) is 0.423. The Labute approximate surface area is 193 Å². The molecule has 2 heterocycles. The zero-order chi connectivity index (χ0) is 23.8. The van der Waals surface area contributed by atoms with Crippen LogP contribution in [0, 0.1) is 11.6 Å². The number of piperidine rings is 1. The van der Waals surface area contributed by atoms with E-state index in [1.165, 1.54) is 6.07 Å². The van der Waals surface area contributed by atoms with Gasteiger partial charge in [0, 0.05) is 37.8 Å². The molecular formula is C26H30F3N3O. The van der Waals surface area contributed by atoms with Crippen molar-refractivity contribution in [2.75, 3.05) is 33.9 Å². The quantitative estimate of drug-likeness (QED) is 0.642. The average Bonchev–Trinajstić information content (AvgIpc) is 3.19. The van der Waals surface area contributed by atoms with Crippen molar-refractivity contribution in [3.05, 3.63) is 77.4 Å². The van der Waals surface area contributed by atoms with Crippen molar-refractivity contribution in [1.29, 1.82) is 0 Å². The predicted molar refractivity (Wildman–Crippen MR) is 123 cm³/mol. The van der Waals surface area contributed by atoms with Gasteiger partial charge in [0.15, 0.2) is 0 Å². The fourth-order valence-corrected chi connectivity index (χ4v) is 5.01. The van der Waals surface area contributed by atoms with E-state index in [0.29, 0.717) is 18.5 Å². The van der Waals surface area contributed by atoms with Gasteiger partial charge in [-0.25, -0.2) is 18.0 Å². The molecule has 2 aromatic carbocycles. The van der Waals surface area contributed by atoms with Crippen LogP contribution in [0.25, 0.3) is 5.57 Å². The molecule has 7 heteroatoms. The number of likely N-dealkylation sites (tertiary alicyclic amines) is 1. The van der Waals surface area contributed by atoms with E-state index in [1.807, 2.05) is 55.3 Å². The van der Waals surface area contributed by atoms with Gasteiger partial charge in [0.1, 0.15) is 18.3 Å². The summed E-state index contributed by atoms with van der Waals surface area (Å²) in [5.41, 5.74) is 0.756. The maximum absolute atomic E-state index is 14.6. The van der Waals surface area contributed by atoms with Crippen molar-refractivity contribution in [2.24, 2.45) is 0 Å². The molecule has 2 aliphatic heterocycles. The van der Waals surface area contributed by atoms with Crippen LogP contribution in [0.3, 0.4) is 0 Å². The van der Waals surface area contributed by atoms with E-state index >= 15 is 0 Å². The van der Waals surface area contributed by atoms with Crippen LogP contribution < -0.4 is 0 Å². The van der Waals surface area contributed by atoms with Crippen LogP contribution in [0.2, 0.25) is 0 Å². The number of hydrogen-bond acceptors (Lipinski definition) is 2. The Bertz CT molecular complexity index is 1040. The van der Waals surface area contributed by atoms with Crippen molar-refractivity contribution >= 4 is 11.6 Å². The summed E-state index contributed by atoms with van der Waals surface area (Å²) in [6.45, 7) is 2.32. The van der Waals surface area contributed by atoms with E-state index < -0.39 is 23.8 Å². The van der Waals surface area contributed by atoms with E-state index in [9.17, 15) is 18.0 Å². The van der Waals surface area contributed by atoms with E-state index in [2.05, 4.69) is 0 Å². The summed E-state index contributed by atoms with van der Waals surface area (Å²) in [4.78, 5) is 19.2. The Morgan fingerprint density at radius 1 is 1.18 bits per heavy atom. The van der Waals surface area contributed by atoms with Gasteiger partial charge >= 0.3 is 6.03 Å². The molecule has 1 fully saturated rings. The number of halogens is 3. The normalized spacial score (nSPS) is 25.8.